The number of benzene rings is 3. The van der Waals surface area contributed by atoms with Crippen molar-refractivity contribution in [2.75, 3.05) is 5.32 Å². The molecule has 2 aliphatic rings. The van der Waals surface area contributed by atoms with E-state index in [1.165, 1.54) is 21.9 Å². The van der Waals surface area contributed by atoms with Crippen LogP contribution in [0.5, 0.6) is 0 Å². The minimum atomic E-state index is 0.234. The summed E-state index contributed by atoms with van der Waals surface area (Å²) in [6.45, 7) is 0. The SMILES string of the molecule is Clc1cc(Cl)c2c(c1)[C@H]1C=CC[C@H]1[C@@H](c1cccc3ccccc13)N2. The largest absolute Gasteiger partial charge is 0.376 e. The molecule has 25 heavy (non-hydrogen) atoms. The second kappa shape index (κ2) is 5.79. The summed E-state index contributed by atoms with van der Waals surface area (Å²) in [6, 6.07) is 19.3. The highest BCUT2D eigenvalue weighted by molar-refractivity contribution is 6.36. The molecule has 1 N–H and O–H groups in total. The third-order valence-corrected chi connectivity index (χ3v) is 6.06. The summed E-state index contributed by atoms with van der Waals surface area (Å²) in [4.78, 5) is 0. The van der Waals surface area contributed by atoms with Gasteiger partial charge in [-0.05, 0) is 46.4 Å². The highest BCUT2D eigenvalue weighted by Gasteiger charge is 2.39. The molecule has 5 rings (SSSR count). The van der Waals surface area contributed by atoms with Crippen LogP contribution in [0.25, 0.3) is 10.8 Å². The summed E-state index contributed by atoms with van der Waals surface area (Å²) in [5.41, 5.74) is 3.58. The van der Waals surface area contributed by atoms with Crippen LogP contribution < -0.4 is 5.32 Å². The summed E-state index contributed by atoms with van der Waals surface area (Å²) >= 11 is 12.8. The monoisotopic (exact) mass is 365 g/mol. The fourth-order valence-corrected chi connectivity index (χ4v) is 5.01. The van der Waals surface area contributed by atoms with Crippen molar-refractivity contribution in [2.24, 2.45) is 5.92 Å². The van der Waals surface area contributed by atoms with Crippen LogP contribution in [0.2, 0.25) is 10.0 Å². The minimum absolute atomic E-state index is 0.234. The maximum Gasteiger partial charge on any atom is 0.0655 e. The molecule has 124 valence electrons. The molecule has 0 unspecified atom stereocenters. The number of nitrogens with one attached hydrogen (secondary N) is 1. The molecule has 1 nitrogen and oxygen atoms in total. The lowest BCUT2D eigenvalue weighted by Gasteiger charge is -2.38. The van der Waals surface area contributed by atoms with Crippen molar-refractivity contribution in [3.05, 3.63) is 87.9 Å². The number of rotatable bonds is 1. The second-order valence-corrected chi connectivity index (χ2v) is 7.74. The zero-order valence-corrected chi connectivity index (χ0v) is 15.1. The van der Waals surface area contributed by atoms with Crippen LogP contribution in [0, 0.1) is 5.92 Å². The Bertz CT molecular complexity index is 1000. The van der Waals surface area contributed by atoms with E-state index in [9.17, 15) is 0 Å². The van der Waals surface area contributed by atoms with Crippen molar-refractivity contribution in [3.63, 3.8) is 0 Å². The van der Waals surface area contributed by atoms with Crippen molar-refractivity contribution in [2.45, 2.75) is 18.4 Å². The average Bonchev–Trinajstić information content (AvgIpc) is 3.11. The van der Waals surface area contributed by atoms with Gasteiger partial charge in [0.2, 0.25) is 0 Å². The molecule has 0 radical (unpaired) electrons. The van der Waals surface area contributed by atoms with Gasteiger partial charge in [-0.25, -0.2) is 0 Å². The predicted octanol–water partition coefficient (Wildman–Crippen LogP) is 6.97. The Morgan fingerprint density at radius 1 is 0.920 bits per heavy atom. The highest BCUT2D eigenvalue weighted by atomic mass is 35.5. The molecule has 0 amide bonds. The second-order valence-electron chi connectivity index (χ2n) is 6.90. The number of fused-ring (bicyclic) bond motifs is 4. The van der Waals surface area contributed by atoms with E-state index in [-0.39, 0.29) is 6.04 Å². The molecule has 3 atom stereocenters. The number of anilines is 1. The van der Waals surface area contributed by atoms with Gasteiger partial charge in [0, 0.05) is 10.9 Å². The first-order valence-corrected chi connectivity index (χ1v) is 9.38. The fraction of sp³-hybridized carbons (Fsp3) is 0.182. The molecule has 0 saturated heterocycles. The van der Waals surface area contributed by atoms with Crippen molar-refractivity contribution < 1.29 is 0 Å². The lowest BCUT2D eigenvalue weighted by molar-refractivity contribution is 0.427. The topological polar surface area (TPSA) is 12.0 Å². The molecule has 0 aromatic heterocycles. The molecule has 3 heteroatoms. The number of hydrogen-bond donors (Lipinski definition) is 1. The van der Waals surface area contributed by atoms with Crippen LogP contribution in [0.4, 0.5) is 5.69 Å². The van der Waals surface area contributed by atoms with Gasteiger partial charge in [0.1, 0.15) is 0 Å². The molecule has 0 fully saturated rings. The van der Waals surface area contributed by atoms with Gasteiger partial charge in [-0.3, -0.25) is 0 Å². The Balaban J connectivity index is 1.70. The van der Waals surface area contributed by atoms with Crippen LogP contribution in [0.1, 0.15) is 29.5 Å². The predicted molar refractivity (Wildman–Crippen MR) is 107 cm³/mol. The number of allylic oxidation sites excluding steroid dienone is 2. The quantitative estimate of drug-likeness (QED) is 0.459. The molecule has 0 bridgehead atoms. The third-order valence-electron chi connectivity index (χ3n) is 5.54. The first kappa shape index (κ1) is 15.3. The van der Waals surface area contributed by atoms with E-state index in [0.29, 0.717) is 21.9 Å². The Kier molecular flexibility index (Phi) is 3.55. The average molecular weight is 366 g/mol. The van der Waals surface area contributed by atoms with E-state index < -0.39 is 0 Å². The first-order chi connectivity index (χ1) is 12.2. The number of halogens is 2. The van der Waals surface area contributed by atoms with Gasteiger partial charge in [-0.15, -0.1) is 0 Å². The zero-order valence-electron chi connectivity index (χ0n) is 13.5. The van der Waals surface area contributed by atoms with Gasteiger partial charge in [0.25, 0.3) is 0 Å². The van der Waals surface area contributed by atoms with Gasteiger partial charge >= 0.3 is 0 Å². The van der Waals surface area contributed by atoms with Crippen molar-refractivity contribution in [1.82, 2.24) is 0 Å². The van der Waals surface area contributed by atoms with Crippen molar-refractivity contribution in [3.8, 4) is 0 Å². The van der Waals surface area contributed by atoms with Crippen molar-refractivity contribution >= 4 is 39.7 Å². The standard InChI is InChI=1S/C22H17Cl2N/c23-14-11-19-16-8-4-10-18(16)21(25-22(19)20(24)12-14)17-9-3-6-13-5-1-2-7-15(13)17/h1-9,11-12,16,18,21,25H,10H2/t16-,18+,21+/m0/s1. The molecular weight excluding hydrogens is 349 g/mol. The van der Waals surface area contributed by atoms with Crippen LogP contribution in [-0.4, -0.2) is 0 Å². The maximum atomic E-state index is 6.54. The highest BCUT2D eigenvalue weighted by Crippen LogP contribution is 2.52. The summed E-state index contributed by atoms with van der Waals surface area (Å²) in [5.74, 6) is 0.837. The van der Waals surface area contributed by atoms with Gasteiger partial charge < -0.3 is 5.32 Å². The van der Waals surface area contributed by atoms with Crippen LogP contribution in [-0.2, 0) is 0 Å². The zero-order chi connectivity index (χ0) is 17.0. The molecule has 1 aliphatic carbocycles. The van der Waals surface area contributed by atoms with Crippen LogP contribution >= 0.6 is 23.2 Å². The van der Waals surface area contributed by atoms with E-state index in [1.807, 2.05) is 6.07 Å². The molecule has 1 aliphatic heterocycles. The van der Waals surface area contributed by atoms with E-state index in [2.05, 4.69) is 66.0 Å². The molecule has 1 heterocycles. The van der Waals surface area contributed by atoms with Crippen LogP contribution in [0.3, 0.4) is 0 Å². The Morgan fingerprint density at radius 3 is 2.68 bits per heavy atom. The van der Waals surface area contributed by atoms with E-state index >= 15 is 0 Å². The number of hydrogen-bond acceptors (Lipinski definition) is 1. The Morgan fingerprint density at radius 2 is 1.76 bits per heavy atom. The molecule has 3 aromatic rings. The minimum Gasteiger partial charge on any atom is -0.376 e. The van der Waals surface area contributed by atoms with Gasteiger partial charge in [0.15, 0.2) is 0 Å². The summed E-state index contributed by atoms with van der Waals surface area (Å²) in [7, 11) is 0. The Hall–Kier alpha value is -1.96. The lowest BCUT2D eigenvalue weighted by atomic mass is 9.76. The normalized spacial score (nSPS) is 24.0. The van der Waals surface area contributed by atoms with Gasteiger partial charge in [-0.2, -0.15) is 0 Å². The summed E-state index contributed by atoms with van der Waals surface area (Å²) < 4.78 is 0. The van der Waals surface area contributed by atoms with E-state index in [1.54, 1.807) is 0 Å². The maximum absolute atomic E-state index is 6.54. The lowest BCUT2D eigenvalue weighted by Crippen LogP contribution is -2.29. The smallest absolute Gasteiger partial charge is 0.0655 e. The van der Waals surface area contributed by atoms with E-state index in [4.69, 9.17) is 23.2 Å². The molecule has 0 spiro atoms. The van der Waals surface area contributed by atoms with Crippen molar-refractivity contribution in [1.29, 1.82) is 0 Å². The third kappa shape index (κ3) is 2.38. The first-order valence-electron chi connectivity index (χ1n) is 8.62. The molecule has 0 saturated carbocycles. The van der Waals surface area contributed by atoms with Gasteiger partial charge in [-0.1, -0.05) is 77.8 Å². The molecular formula is C22H17Cl2N. The molecule has 3 aromatic carbocycles. The Labute approximate surface area is 157 Å². The van der Waals surface area contributed by atoms with E-state index in [0.717, 1.165) is 12.1 Å². The van der Waals surface area contributed by atoms with Gasteiger partial charge in [0.05, 0.1) is 16.8 Å². The summed E-state index contributed by atoms with van der Waals surface area (Å²) in [6.07, 6.45) is 5.67. The fourth-order valence-electron chi connectivity index (χ4n) is 4.45. The summed E-state index contributed by atoms with van der Waals surface area (Å²) in [5, 5.41) is 7.73. The van der Waals surface area contributed by atoms with Crippen LogP contribution in [0.15, 0.2) is 66.7 Å².